The number of hydrogen-bond acceptors (Lipinski definition) is 8. The van der Waals surface area contributed by atoms with Gasteiger partial charge in [0.1, 0.15) is 5.69 Å². The molecular weight excluding hydrogens is 456 g/mol. The maximum Gasteiger partial charge on any atom is 0.285 e. The van der Waals surface area contributed by atoms with Crippen molar-refractivity contribution in [3.63, 3.8) is 0 Å². The number of sulfonamides is 1. The number of pyridine rings is 2. The van der Waals surface area contributed by atoms with Crippen LogP contribution in [-0.4, -0.2) is 41.2 Å². The number of carbonyl (C=O) groups excluding carboxylic acids is 1. The number of aromatic nitrogens is 4. The molecule has 0 saturated carbocycles. The first kappa shape index (κ1) is 23.2. The summed E-state index contributed by atoms with van der Waals surface area (Å²) >= 11 is 0. The highest BCUT2D eigenvalue weighted by atomic mass is 32.2. The Morgan fingerprint density at radius 1 is 1.09 bits per heavy atom. The van der Waals surface area contributed by atoms with Gasteiger partial charge in [0, 0.05) is 16.5 Å². The average Bonchev–Trinajstić information content (AvgIpc) is 3.23. The lowest BCUT2D eigenvalue weighted by molar-refractivity contribution is 0.0977. The van der Waals surface area contributed by atoms with Crippen molar-refractivity contribution < 1.29 is 17.9 Å². The zero-order chi connectivity index (χ0) is 24.7. The summed E-state index contributed by atoms with van der Waals surface area (Å²) in [5.41, 5.74) is 7.53. The minimum absolute atomic E-state index is 0.0305. The van der Waals surface area contributed by atoms with Crippen LogP contribution < -0.4 is 15.2 Å². The van der Waals surface area contributed by atoms with E-state index < -0.39 is 21.3 Å². The number of nitrogens with one attached hydrogen (secondary N) is 1. The van der Waals surface area contributed by atoms with Crippen molar-refractivity contribution in [3.8, 4) is 11.4 Å². The lowest BCUT2D eigenvalue weighted by atomic mass is 9.92. The summed E-state index contributed by atoms with van der Waals surface area (Å²) < 4.78 is 34.9. The standard InChI is InChI=1S/C23H24N6O4S/c1-23(2,3)20-11-10-19(33-4)22(27-20)34(31,32)28-21(30)17-9-8-15-16(26-17)6-5-7-18(15)29-13-14(24)12-25-29/h5-13H,24H2,1-4H3,(H,28,30). The van der Waals surface area contributed by atoms with Crippen molar-refractivity contribution in [2.24, 2.45) is 0 Å². The lowest BCUT2D eigenvalue weighted by Crippen LogP contribution is -2.32. The van der Waals surface area contributed by atoms with Gasteiger partial charge in [0.25, 0.3) is 15.9 Å². The van der Waals surface area contributed by atoms with E-state index in [0.717, 1.165) is 0 Å². The largest absolute Gasteiger partial charge is 0.494 e. The van der Waals surface area contributed by atoms with Crippen LogP contribution in [0.15, 0.2) is 59.9 Å². The van der Waals surface area contributed by atoms with E-state index in [4.69, 9.17) is 10.5 Å². The molecule has 0 radical (unpaired) electrons. The van der Waals surface area contributed by atoms with Crippen LogP contribution in [0.4, 0.5) is 5.69 Å². The second-order valence-corrected chi connectivity index (χ2v) is 10.2. The van der Waals surface area contributed by atoms with Crippen LogP contribution in [0, 0.1) is 0 Å². The third-order valence-corrected chi connectivity index (χ3v) is 6.34. The number of hydrogen-bond donors (Lipinski definition) is 2. The maximum absolute atomic E-state index is 13.1. The molecule has 4 aromatic rings. The molecule has 1 amide bonds. The minimum Gasteiger partial charge on any atom is -0.494 e. The van der Waals surface area contributed by atoms with Gasteiger partial charge < -0.3 is 10.5 Å². The van der Waals surface area contributed by atoms with Crippen LogP contribution in [0.5, 0.6) is 5.75 Å². The first-order valence-electron chi connectivity index (χ1n) is 10.3. The zero-order valence-electron chi connectivity index (χ0n) is 19.1. The van der Waals surface area contributed by atoms with Crippen molar-refractivity contribution in [3.05, 3.63) is 66.2 Å². The van der Waals surface area contributed by atoms with E-state index in [1.54, 1.807) is 35.1 Å². The van der Waals surface area contributed by atoms with Gasteiger partial charge in [-0.25, -0.2) is 19.4 Å². The summed E-state index contributed by atoms with van der Waals surface area (Å²) in [4.78, 5) is 21.5. The molecule has 0 saturated heterocycles. The molecule has 176 valence electrons. The first-order chi connectivity index (χ1) is 16.0. The summed E-state index contributed by atoms with van der Waals surface area (Å²) in [6, 6.07) is 11.6. The van der Waals surface area contributed by atoms with Gasteiger partial charge >= 0.3 is 0 Å². The zero-order valence-corrected chi connectivity index (χ0v) is 19.9. The summed E-state index contributed by atoms with van der Waals surface area (Å²) in [5, 5.41) is 4.55. The summed E-state index contributed by atoms with van der Waals surface area (Å²) in [6.07, 6.45) is 3.18. The molecule has 3 N–H and O–H groups in total. The van der Waals surface area contributed by atoms with Crippen molar-refractivity contribution >= 4 is 32.5 Å². The molecule has 11 heteroatoms. The van der Waals surface area contributed by atoms with Crippen molar-refractivity contribution in [1.29, 1.82) is 0 Å². The molecule has 0 atom stereocenters. The number of nitrogens with zero attached hydrogens (tertiary/aromatic N) is 4. The molecule has 0 spiro atoms. The fourth-order valence-corrected chi connectivity index (χ4v) is 4.43. The molecule has 0 aliphatic carbocycles. The van der Waals surface area contributed by atoms with Crippen LogP contribution in [-0.2, 0) is 15.4 Å². The Balaban J connectivity index is 1.68. The topological polar surface area (TPSA) is 142 Å². The molecule has 0 aliphatic rings. The molecule has 3 aromatic heterocycles. The number of anilines is 1. The molecule has 0 aliphatic heterocycles. The van der Waals surface area contributed by atoms with Gasteiger partial charge in [0.05, 0.1) is 36.4 Å². The van der Waals surface area contributed by atoms with Gasteiger partial charge in [-0.05, 0) is 36.4 Å². The third kappa shape index (κ3) is 4.42. The van der Waals surface area contributed by atoms with E-state index in [1.165, 1.54) is 25.4 Å². The Kier molecular flexibility index (Phi) is 5.74. The number of methoxy groups -OCH3 is 1. The van der Waals surface area contributed by atoms with E-state index in [1.807, 2.05) is 26.8 Å². The predicted octanol–water partition coefficient (Wildman–Crippen LogP) is 2.82. The Hall–Kier alpha value is -3.99. The van der Waals surface area contributed by atoms with Gasteiger partial charge in [-0.3, -0.25) is 4.79 Å². The number of nitrogen functional groups attached to an aromatic ring is 1. The fraction of sp³-hybridized carbons (Fsp3) is 0.217. The van der Waals surface area contributed by atoms with E-state index in [9.17, 15) is 13.2 Å². The van der Waals surface area contributed by atoms with Gasteiger partial charge in [-0.15, -0.1) is 0 Å². The minimum atomic E-state index is -4.34. The molecule has 0 unspecified atom stereocenters. The van der Waals surface area contributed by atoms with Gasteiger partial charge in [-0.1, -0.05) is 26.8 Å². The highest BCUT2D eigenvalue weighted by molar-refractivity contribution is 7.90. The first-order valence-corrected chi connectivity index (χ1v) is 11.8. The van der Waals surface area contributed by atoms with E-state index >= 15 is 0 Å². The van der Waals surface area contributed by atoms with Crippen molar-refractivity contribution in [2.75, 3.05) is 12.8 Å². The molecule has 0 bridgehead atoms. The average molecular weight is 481 g/mol. The SMILES string of the molecule is COc1ccc(C(C)(C)C)nc1S(=O)(=O)NC(=O)c1ccc2c(-n3cc(N)cn3)cccc2n1. The number of ether oxygens (including phenoxy) is 1. The van der Waals surface area contributed by atoms with Crippen molar-refractivity contribution in [1.82, 2.24) is 24.5 Å². The fourth-order valence-electron chi connectivity index (χ4n) is 3.35. The Morgan fingerprint density at radius 2 is 1.85 bits per heavy atom. The molecule has 4 rings (SSSR count). The molecule has 1 aromatic carbocycles. The van der Waals surface area contributed by atoms with Crippen LogP contribution >= 0.6 is 0 Å². The second kappa shape index (κ2) is 8.41. The third-order valence-electron chi connectivity index (χ3n) is 5.09. The summed E-state index contributed by atoms with van der Waals surface area (Å²) in [7, 11) is -3.00. The highest BCUT2D eigenvalue weighted by Crippen LogP contribution is 2.28. The quantitative estimate of drug-likeness (QED) is 0.444. The molecular formula is C23H24N6O4S. The van der Waals surface area contributed by atoms with Crippen LogP contribution in [0.1, 0.15) is 37.0 Å². The van der Waals surface area contributed by atoms with E-state index in [-0.39, 0.29) is 16.5 Å². The molecule has 0 fully saturated rings. The number of nitrogens with two attached hydrogens (primary N) is 1. The number of carbonyl (C=O) groups is 1. The van der Waals surface area contributed by atoms with E-state index in [2.05, 4.69) is 19.8 Å². The summed E-state index contributed by atoms with van der Waals surface area (Å²) in [6.45, 7) is 5.71. The van der Waals surface area contributed by atoms with Crippen molar-refractivity contribution in [2.45, 2.75) is 31.2 Å². The molecule has 10 nitrogen and oxygen atoms in total. The molecule has 34 heavy (non-hydrogen) atoms. The highest BCUT2D eigenvalue weighted by Gasteiger charge is 2.28. The Labute approximate surface area is 196 Å². The maximum atomic E-state index is 13.1. The number of rotatable bonds is 5. The van der Waals surface area contributed by atoms with Gasteiger partial charge in [-0.2, -0.15) is 13.5 Å². The van der Waals surface area contributed by atoms with E-state index in [0.29, 0.717) is 28.0 Å². The Bertz CT molecular complexity index is 1510. The number of fused-ring (bicyclic) bond motifs is 1. The van der Waals surface area contributed by atoms with Crippen LogP contribution in [0.2, 0.25) is 0 Å². The lowest BCUT2D eigenvalue weighted by Gasteiger charge is -2.19. The number of benzene rings is 1. The van der Waals surface area contributed by atoms with Crippen LogP contribution in [0.3, 0.4) is 0 Å². The summed E-state index contributed by atoms with van der Waals surface area (Å²) in [5.74, 6) is -0.858. The monoisotopic (exact) mass is 480 g/mol. The van der Waals surface area contributed by atoms with Gasteiger partial charge in [0.15, 0.2) is 5.75 Å². The smallest absolute Gasteiger partial charge is 0.285 e. The Morgan fingerprint density at radius 3 is 2.50 bits per heavy atom. The molecule has 3 heterocycles. The number of amides is 1. The normalized spacial score (nSPS) is 12.0. The second-order valence-electron chi connectivity index (χ2n) is 8.65. The predicted molar refractivity (Wildman–Crippen MR) is 127 cm³/mol. The van der Waals surface area contributed by atoms with Gasteiger partial charge in [0.2, 0.25) is 5.03 Å². The van der Waals surface area contributed by atoms with Crippen LogP contribution in [0.25, 0.3) is 16.6 Å².